The summed E-state index contributed by atoms with van der Waals surface area (Å²) >= 11 is 0. The van der Waals surface area contributed by atoms with Crippen LogP contribution < -0.4 is 0 Å². The predicted molar refractivity (Wildman–Crippen MR) is 53.6 cm³/mol. The van der Waals surface area contributed by atoms with Gasteiger partial charge in [0, 0.05) is 6.10 Å². The van der Waals surface area contributed by atoms with E-state index in [0.29, 0.717) is 6.10 Å². The van der Waals surface area contributed by atoms with E-state index in [0.717, 1.165) is 5.92 Å². The van der Waals surface area contributed by atoms with Gasteiger partial charge in [-0.3, -0.25) is 0 Å². The number of hydrogen-bond acceptors (Lipinski definition) is 1. The Hall–Kier alpha value is 0.177. The zero-order chi connectivity index (χ0) is 8.69. The minimum absolute atomic E-state index is 0.188. The summed E-state index contributed by atoms with van der Waals surface area (Å²) in [4.78, 5) is 0. The number of rotatable bonds is 6. The highest BCUT2D eigenvalue weighted by molar-refractivity contribution is 6.27. The standard InChI is InChI=1S/C9H22OSi/c1-5-9(4)6-7-11-10-8(2)3/h8-9H,5-7,11H2,1-4H3. The van der Waals surface area contributed by atoms with Gasteiger partial charge in [-0.2, -0.15) is 0 Å². The van der Waals surface area contributed by atoms with Gasteiger partial charge in [-0.15, -0.1) is 0 Å². The quantitative estimate of drug-likeness (QED) is 0.444. The summed E-state index contributed by atoms with van der Waals surface area (Å²) in [7, 11) is -0.188. The number of hydrogen-bond donors (Lipinski definition) is 0. The molecule has 2 heteroatoms. The van der Waals surface area contributed by atoms with Crippen molar-refractivity contribution in [1.29, 1.82) is 0 Å². The zero-order valence-corrected chi connectivity index (χ0v) is 9.81. The average molecular weight is 174 g/mol. The summed E-state index contributed by atoms with van der Waals surface area (Å²) in [6.07, 6.45) is 3.14. The monoisotopic (exact) mass is 174 g/mol. The Bertz CT molecular complexity index is 83.6. The van der Waals surface area contributed by atoms with Crippen molar-refractivity contribution in [3.05, 3.63) is 0 Å². The van der Waals surface area contributed by atoms with E-state index in [1.807, 2.05) is 0 Å². The Morgan fingerprint density at radius 3 is 2.36 bits per heavy atom. The van der Waals surface area contributed by atoms with Gasteiger partial charge in [0.25, 0.3) is 0 Å². The van der Waals surface area contributed by atoms with E-state index in [9.17, 15) is 0 Å². The van der Waals surface area contributed by atoms with Gasteiger partial charge < -0.3 is 4.43 Å². The lowest BCUT2D eigenvalue weighted by molar-refractivity contribution is 0.254. The van der Waals surface area contributed by atoms with Gasteiger partial charge in [0.15, 0.2) is 9.76 Å². The first kappa shape index (κ1) is 11.2. The fourth-order valence-corrected chi connectivity index (χ4v) is 2.46. The lowest BCUT2D eigenvalue weighted by atomic mass is 10.1. The Morgan fingerprint density at radius 1 is 1.27 bits per heavy atom. The lowest BCUT2D eigenvalue weighted by Gasteiger charge is -2.09. The first-order valence-corrected chi connectivity index (χ1v) is 6.36. The molecule has 0 aromatic heterocycles. The van der Waals surface area contributed by atoms with Crippen molar-refractivity contribution in [3.8, 4) is 0 Å². The second kappa shape index (κ2) is 6.86. The van der Waals surface area contributed by atoms with E-state index in [2.05, 4.69) is 27.7 Å². The molecule has 11 heavy (non-hydrogen) atoms. The molecule has 0 spiro atoms. The highest BCUT2D eigenvalue weighted by Gasteiger charge is 1.99. The normalized spacial score (nSPS) is 15.0. The van der Waals surface area contributed by atoms with Crippen LogP contribution in [0.3, 0.4) is 0 Å². The molecule has 0 radical (unpaired) electrons. The van der Waals surface area contributed by atoms with Crippen LogP contribution >= 0.6 is 0 Å². The zero-order valence-electron chi connectivity index (χ0n) is 8.39. The van der Waals surface area contributed by atoms with Crippen LogP contribution in [0, 0.1) is 5.92 Å². The maximum Gasteiger partial charge on any atom is 0.161 e. The van der Waals surface area contributed by atoms with Crippen molar-refractivity contribution in [2.45, 2.75) is 52.7 Å². The van der Waals surface area contributed by atoms with Crippen molar-refractivity contribution >= 4 is 9.76 Å². The first-order chi connectivity index (χ1) is 5.16. The fraction of sp³-hybridized carbons (Fsp3) is 1.00. The summed E-state index contributed by atoms with van der Waals surface area (Å²) in [6.45, 7) is 8.83. The molecular weight excluding hydrogens is 152 g/mol. The Labute approximate surface area is 73.5 Å². The molecule has 0 saturated carbocycles. The summed E-state index contributed by atoms with van der Waals surface area (Å²) < 4.78 is 5.58. The van der Waals surface area contributed by atoms with Crippen LogP contribution in [-0.2, 0) is 4.43 Å². The molecule has 0 aromatic rings. The highest BCUT2D eigenvalue weighted by atomic mass is 28.2. The van der Waals surface area contributed by atoms with Crippen molar-refractivity contribution in [2.24, 2.45) is 5.92 Å². The van der Waals surface area contributed by atoms with Crippen LogP contribution in [0.2, 0.25) is 6.04 Å². The molecule has 0 aromatic carbocycles. The van der Waals surface area contributed by atoms with Gasteiger partial charge in [-0.25, -0.2) is 0 Å². The highest BCUT2D eigenvalue weighted by Crippen LogP contribution is 2.09. The third kappa shape index (κ3) is 8.08. The van der Waals surface area contributed by atoms with Gasteiger partial charge >= 0.3 is 0 Å². The smallest absolute Gasteiger partial charge is 0.161 e. The molecule has 0 amide bonds. The molecule has 0 aliphatic heterocycles. The second-order valence-corrected chi connectivity index (χ2v) is 5.02. The maximum absolute atomic E-state index is 5.58. The molecule has 0 heterocycles. The summed E-state index contributed by atoms with van der Waals surface area (Å²) in [5.74, 6) is 0.901. The fourth-order valence-electron chi connectivity index (χ4n) is 0.955. The Kier molecular flexibility index (Phi) is 6.97. The lowest BCUT2D eigenvalue weighted by Crippen LogP contribution is -2.07. The molecule has 0 bridgehead atoms. The molecule has 0 fully saturated rings. The second-order valence-electron chi connectivity index (χ2n) is 3.58. The Balaban J connectivity index is 3.01. The molecule has 0 rings (SSSR count). The van der Waals surface area contributed by atoms with Crippen LogP contribution in [-0.4, -0.2) is 15.9 Å². The van der Waals surface area contributed by atoms with Crippen LogP contribution in [0.25, 0.3) is 0 Å². The Morgan fingerprint density at radius 2 is 1.91 bits per heavy atom. The third-order valence-electron chi connectivity index (χ3n) is 1.99. The van der Waals surface area contributed by atoms with Gasteiger partial charge in [0.05, 0.1) is 0 Å². The van der Waals surface area contributed by atoms with Crippen LogP contribution in [0.15, 0.2) is 0 Å². The minimum atomic E-state index is -0.188. The van der Waals surface area contributed by atoms with Gasteiger partial charge in [0.1, 0.15) is 0 Å². The molecule has 1 unspecified atom stereocenters. The molecule has 1 atom stereocenters. The molecular formula is C9H22OSi. The van der Waals surface area contributed by atoms with E-state index in [4.69, 9.17) is 4.43 Å². The summed E-state index contributed by atoms with van der Waals surface area (Å²) in [5, 5.41) is 0. The van der Waals surface area contributed by atoms with Gasteiger partial charge in [-0.05, 0) is 25.8 Å². The molecule has 0 saturated heterocycles. The molecule has 1 nitrogen and oxygen atoms in total. The van der Waals surface area contributed by atoms with Gasteiger partial charge in [-0.1, -0.05) is 26.7 Å². The first-order valence-electron chi connectivity index (χ1n) is 4.78. The average Bonchev–Trinajstić information content (AvgIpc) is 1.97. The van der Waals surface area contributed by atoms with Crippen LogP contribution in [0.5, 0.6) is 0 Å². The molecule has 0 aliphatic rings. The van der Waals surface area contributed by atoms with E-state index < -0.39 is 0 Å². The van der Waals surface area contributed by atoms with Crippen LogP contribution in [0.4, 0.5) is 0 Å². The third-order valence-corrected chi connectivity index (χ3v) is 3.59. The van der Waals surface area contributed by atoms with E-state index >= 15 is 0 Å². The van der Waals surface area contributed by atoms with Crippen molar-refractivity contribution in [1.82, 2.24) is 0 Å². The topological polar surface area (TPSA) is 9.23 Å². The largest absolute Gasteiger partial charge is 0.422 e. The summed E-state index contributed by atoms with van der Waals surface area (Å²) in [5.41, 5.74) is 0. The molecule has 0 aliphatic carbocycles. The van der Waals surface area contributed by atoms with Crippen molar-refractivity contribution in [2.75, 3.05) is 0 Å². The summed E-state index contributed by atoms with van der Waals surface area (Å²) in [6, 6.07) is 1.35. The minimum Gasteiger partial charge on any atom is -0.422 e. The predicted octanol–water partition coefficient (Wildman–Crippen LogP) is 2.35. The molecule has 68 valence electrons. The van der Waals surface area contributed by atoms with E-state index in [-0.39, 0.29) is 9.76 Å². The van der Waals surface area contributed by atoms with E-state index in [1.165, 1.54) is 18.9 Å². The van der Waals surface area contributed by atoms with Crippen LogP contribution in [0.1, 0.15) is 40.5 Å². The van der Waals surface area contributed by atoms with Crippen molar-refractivity contribution in [3.63, 3.8) is 0 Å². The molecule has 0 N–H and O–H groups in total. The van der Waals surface area contributed by atoms with Crippen molar-refractivity contribution < 1.29 is 4.43 Å². The van der Waals surface area contributed by atoms with E-state index in [1.54, 1.807) is 0 Å². The maximum atomic E-state index is 5.58. The van der Waals surface area contributed by atoms with Gasteiger partial charge in [0.2, 0.25) is 0 Å². The SMILES string of the molecule is CCC(C)CC[SiH2]OC(C)C.